The van der Waals surface area contributed by atoms with Crippen molar-refractivity contribution in [2.24, 2.45) is 7.05 Å². The predicted molar refractivity (Wildman–Crippen MR) is 85.4 cm³/mol. The molecule has 1 unspecified atom stereocenters. The standard InChI is InChI=1S/C17H25N3O/c1-5-17(18-6-2)14-7-9-16(10-8-14)21-12-15-11-13(3)19-20(15)4/h7-11,17-18H,5-6,12H2,1-4H3. The monoisotopic (exact) mass is 287 g/mol. The molecule has 2 rings (SSSR count). The highest BCUT2D eigenvalue weighted by molar-refractivity contribution is 5.29. The van der Waals surface area contributed by atoms with Crippen LogP contribution >= 0.6 is 0 Å². The van der Waals surface area contributed by atoms with Gasteiger partial charge < -0.3 is 10.1 Å². The molecule has 0 saturated heterocycles. The van der Waals surface area contributed by atoms with Gasteiger partial charge in [-0.1, -0.05) is 26.0 Å². The van der Waals surface area contributed by atoms with E-state index in [0.29, 0.717) is 12.6 Å². The molecule has 2 aromatic rings. The first-order chi connectivity index (χ1) is 10.1. The molecule has 1 N–H and O–H groups in total. The quantitative estimate of drug-likeness (QED) is 0.848. The van der Waals surface area contributed by atoms with Gasteiger partial charge in [0.15, 0.2) is 0 Å². The predicted octanol–water partition coefficient (Wildman–Crippen LogP) is 3.37. The van der Waals surface area contributed by atoms with Gasteiger partial charge in [0.25, 0.3) is 0 Å². The molecule has 4 heteroatoms. The zero-order valence-corrected chi connectivity index (χ0v) is 13.4. The number of nitrogens with one attached hydrogen (secondary N) is 1. The third-order valence-corrected chi connectivity index (χ3v) is 3.63. The van der Waals surface area contributed by atoms with Gasteiger partial charge in [0.05, 0.1) is 11.4 Å². The highest BCUT2D eigenvalue weighted by atomic mass is 16.5. The van der Waals surface area contributed by atoms with E-state index in [9.17, 15) is 0 Å². The highest BCUT2D eigenvalue weighted by Gasteiger charge is 2.08. The molecule has 0 saturated carbocycles. The maximum Gasteiger partial charge on any atom is 0.130 e. The molecule has 1 atom stereocenters. The molecule has 0 fully saturated rings. The van der Waals surface area contributed by atoms with E-state index in [1.54, 1.807) is 0 Å². The molecule has 0 amide bonds. The minimum absolute atomic E-state index is 0.420. The van der Waals surface area contributed by atoms with Crippen LogP contribution < -0.4 is 10.1 Å². The number of hydrogen-bond donors (Lipinski definition) is 1. The summed E-state index contributed by atoms with van der Waals surface area (Å²) in [5.74, 6) is 0.893. The summed E-state index contributed by atoms with van der Waals surface area (Å²) in [6.45, 7) is 7.85. The molecule has 1 heterocycles. The number of nitrogens with zero attached hydrogens (tertiary/aromatic N) is 2. The summed E-state index contributed by atoms with van der Waals surface area (Å²) < 4.78 is 7.70. The zero-order valence-electron chi connectivity index (χ0n) is 13.4. The lowest BCUT2D eigenvalue weighted by Gasteiger charge is -2.16. The Bertz CT molecular complexity index is 560. The topological polar surface area (TPSA) is 39.1 Å². The molecule has 1 aromatic heterocycles. The molecule has 21 heavy (non-hydrogen) atoms. The van der Waals surface area contributed by atoms with Crippen molar-refractivity contribution in [3.63, 3.8) is 0 Å². The Kier molecular flexibility index (Phi) is 5.39. The average molecular weight is 287 g/mol. The molecular weight excluding hydrogens is 262 g/mol. The SMILES string of the molecule is CCNC(CC)c1ccc(OCc2cc(C)nn2C)cc1. The van der Waals surface area contributed by atoms with Crippen molar-refractivity contribution in [2.45, 2.75) is 39.8 Å². The van der Waals surface area contributed by atoms with Crippen molar-refractivity contribution < 1.29 is 4.74 Å². The number of aromatic nitrogens is 2. The van der Waals surface area contributed by atoms with Crippen LogP contribution in [0.5, 0.6) is 5.75 Å². The lowest BCUT2D eigenvalue weighted by Crippen LogP contribution is -2.19. The van der Waals surface area contributed by atoms with Crippen molar-refractivity contribution in [3.8, 4) is 5.75 Å². The highest BCUT2D eigenvalue weighted by Crippen LogP contribution is 2.20. The third kappa shape index (κ3) is 4.08. The summed E-state index contributed by atoms with van der Waals surface area (Å²) >= 11 is 0. The second-order valence-corrected chi connectivity index (χ2v) is 5.28. The molecule has 0 aliphatic heterocycles. The minimum atomic E-state index is 0.420. The summed E-state index contributed by atoms with van der Waals surface area (Å²) in [7, 11) is 1.94. The molecule has 1 aromatic carbocycles. The number of rotatable bonds is 7. The molecule has 114 valence electrons. The van der Waals surface area contributed by atoms with Crippen molar-refractivity contribution in [1.29, 1.82) is 0 Å². The van der Waals surface area contributed by atoms with Gasteiger partial charge in [0.2, 0.25) is 0 Å². The van der Waals surface area contributed by atoms with Crippen molar-refractivity contribution in [3.05, 3.63) is 47.3 Å². The van der Waals surface area contributed by atoms with Crippen LogP contribution in [0, 0.1) is 6.92 Å². The first-order valence-corrected chi connectivity index (χ1v) is 7.59. The fourth-order valence-corrected chi connectivity index (χ4v) is 2.50. The van der Waals surface area contributed by atoms with Crippen molar-refractivity contribution in [2.75, 3.05) is 6.54 Å². The van der Waals surface area contributed by atoms with Crippen molar-refractivity contribution >= 4 is 0 Å². The fourth-order valence-electron chi connectivity index (χ4n) is 2.50. The summed E-state index contributed by atoms with van der Waals surface area (Å²) in [4.78, 5) is 0. The molecule has 0 spiro atoms. The molecular formula is C17H25N3O. The second-order valence-electron chi connectivity index (χ2n) is 5.28. The van der Waals surface area contributed by atoms with Crippen LogP contribution in [0.4, 0.5) is 0 Å². The van der Waals surface area contributed by atoms with E-state index in [-0.39, 0.29) is 0 Å². The Hall–Kier alpha value is -1.81. The van der Waals surface area contributed by atoms with Crippen LogP contribution in [-0.4, -0.2) is 16.3 Å². The van der Waals surface area contributed by atoms with Gasteiger partial charge in [-0.3, -0.25) is 4.68 Å². The van der Waals surface area contributed by atoms with Gasteiger partial charge in [-0.05, 0) is 43.7 Å². The molecule has 0 aliphatic rings. The Morgan fingerprint density at radius 3 is 2.48 bits per heavy atom. The van der Waals surface area contributed by atoms with Gasteiger partial charge in [-0.25, -0.2) is 0 Å². The van der Waals surface area contributed by atoms with E-state index in [1.807, 2.05) is 36.9 Å². The van der Waals surface area contributed by atoms with Crippen LogP contribution in [0.2, 0.25) is 0 Å². The van der Waals surface area contributed by atoms with Crippen LogP contribution in [0.15, 0.2) is 30.3 Å². The fraction of sp³-hybridized carbons (Fsp3) is 0.471. The largest absolute Gasteiger partial charge is 0.487 e. The first kappa shape index (κ1) is 15.6. The lowest BCUT2D eigenvalue weighted by atomic mass is 10.0. The minimum Gasteiger partial charge on any atom is -0.487 e. The number of hydrogen-bond acceptors (Lipinski definition) is 3. The maximum absolute atomic E-state index is 5.83. The molecule has 0 bridgehead atoms. The van der Waals surface area contributed by atoms with Gasteiger partial charge >= 0.3 is 0 Å². The smallest absolute Gasteiger partial charge is 0.130 e. The summed E-state index contributed by atoms with van der Waals surface area (Å²) in [6, 6.07) is 10.8. The van der Waals surface area contributed by atoms with E-state index in [0.717, 1.165) is 30.1 Å². The lowest BCUT2D eigenvalue weighted by molar-refractivity contribution is 0.294. The van der Waals surface area contributed by atoms with Gasteiger partial charge in [0, 0.05) is 13.1 Å². The van der Waals surface area contributed by atoms with Gasteiger partial charge in [0.1, 0.15) is 12.4 Å². The van der Waals surface area contributed by atoms with E-state index >= 15 is 0 Å². The molecule has 4 nitrogen and oxygen atoms in total. The Morgan fingerprint density at radius 2 is 1.95 bits per heavy atom. The molecule has 0 radical (unpaired) electrons. The van der Waals surface area contributed by atoms with Gasteiger partial charge in [-0.2, -0.15) is 5.10 Å². The van der Waals surface area contributed by atoms with Crippen LogP contribution in [-0.2, 0) is 13.7 Å². The summed E-state index contributed by atoms with van der Waals surface area (Å²) in [6.07, 6.45) is 1.09. The number of ether oxygens (including phenoxy) is 1. The summed E-state index contributed by atoms with van der Waals surface area (Å²) in [5.41, 5.74) is 3.40. The Morgan fingerprint density at radius 1 is 1.24 bits per heavy atom. The van der Waals surface area contributed by atoms with Crippen LogP contribution in [0.25, 0.3) is 0 Å². The number of benzene rings is 1. The van der Waals surface area contributed by atoms with E-state index in [1.165, 1.54) is 5.56 Å². The Balaban J connectivity index is 1.97. The third-order valence-electron chi connectivity index (χ3n) is 3.63. The maximum atomic E-state index is 5.83. The number of aryl methyl sites for hydroxylation is 2. The average Bonchev–Trinajstić information content (AvgIpc) is 2.81. The van der Waals surface area contributed by atoms with Gasteiger partial charge in [-0.15, -0.1) is 0 Å². The normalized spacial score (nSPS) is 12.4. The summed E-state index contributed by atoms with van der Waals surface area (Å²) in [5, 5.41) is 7.80. The van der Waals surface area contributed by atoms with Crippen LogP contribution in [0.3, 0.4) is 0 Å². The second kappa shape index (κ2) is 7.27. The zero-order chi connectivity index (χ0) is 15.2. The first-order valence-electron chi connectivity index (χ1n) is 7.59. The molecule has 0 aliphatic carbocycles. The van der Waals surface area contributed by atoms with Crippen molar-refractivity contribution in [1.82, 2.24) is 15.1 Å². The van der Waals surface area contributed by atoms with E-state index in [2.05, 4.69) is 36.4 Å². The van der Waals surface area contributed by atoms with E-state index < -0.39 is 0 Å². The van der Waals surface area contributed by atoms with Crippen LogP contribution in [0.1, 0.15) is 43.3 Å². The Labute approximate surface area is 127 Å². The van der Waals surface area contributed by atoms with E-state index in [4.69, 9.17) is 4.74 Å².